The number of phenols is 5. The van der Waals surface area contributed by atoms with E-state index in [9.17, 15) is 25.5 Å². The first-order valence-corrected chi connectivity index (χ1v) is 16.4. The van der Waals surface area contributed by atoms with E-state index in [1.807, 2.05) is 84.9 Å². The van der Waals surface area contributed by atoms with Gasteiger partial charge in [-0.3, -0.25) is 0 Å². The summed E-state index contributed by atoms with van der Waals surface area (Å²) in [6, 6.07) is 42.7. The molecule has 52 heavy (non-hydrogen) atoms. The zero-order valence-corrected chi connectivity index (χ0v) is 27.2. The Morgan fingerprint density at radius 3 is 1.62 bits per heavy atom. The molecule has 7 aromatic carbocycles. The van der Waals surface area contributed by atoms with Gasteiger partial charge < -0.3 is 29.9 Å². The van der Waals surface area contributed by atoms with Crippen molar-refractivity contribution < 1.29 is 29.9 Å². The van der Waals surface area contributed by atoms with Crippen LogP contribution in [0.15, 0.2) is 138 Å². The maximum Gasteiger partial charge on any atom is 0.208 e. The fourth-order valence-electron chi connectivity index (χ4n) is 6.64. The van der Waals surface area contributed by atoms with Gasteiger partial charge in [-0.25, -0.2) is 15.0 Å². The SMILES string of the molecule is Oc1c(O)c(O)c(-c2ccc(-c3ccc(-c4nc(-c5ccc6ccccc6c5)nc(-c5cccc6oc7ccccc7c56)n4)cc3)cc2)c(O)c1O. The topological polar surface area (TPSA) is 153 Å². The molecule has 0 saturated heterocycles. The normalized spacial score (nSPS) is 11.5. The van der Waals surface area contributed by atoms with Crippen LogP contribution in [0.25, 0.3) is 89.1 Å². The van der Waals surface area contributed by atoms with E-state index in [0.717, 1.165) is 60.5 Å². The Kier molecular flexibility index (Phi) is 7.01. The lowest BCUT2D eigenvalue weighted by Crippen LogP contribution is -2.00. The van der Waals surface area contributed by atoms with Gasteiger partial charge in [-0.1, -0.05) is 115 Å². The minimum atomic E-state index is -1.00. The first kappa shape index (κ1) is 30.7. The second-order valence-electron chi connectivity index (χ2n) is 12.4. The van der Waals surface area contributed by atoms with Gasteiger partial charge in [0.25, 0.3) is 0 Å². The van der Waals surface area contributed by atoms with E-state index in [1.54, 1.807) is 24.3 Å². The third-order valence-electron chi connectivity index (χ3n) is 9.31. The molecule has 0 unspecified atom stereocenters. The maximum atomic E-state index is 10.4. The fraction of sp³-hybridized carbons (Fsp3) is 0. The van der Waals surface area contributed by atoms with E-state index in [2.05, 4.69) is 24.3 Å². The molecule has 250 valence electrons. The quantitative estimate of drug-likeness (QED) is 0.0882. The first-order valence-electron chi connectivity index (χ1n) is 16.4. The summed E-state index contributed by atoms with van der Waals surface area (Å²) in [7, 11) is 0. The van der Waals surface area contributed by atoms with Crippen molar-refractivity contribution in [3.63, 3.8) is 0 Å². The molecule has 2 heterocycles. The highest BCUT2D eigenvalue weighted by Gasteiger charge is 2.24. The monoisotopic (exact) mass is 681 g/mol. The van der Waals surface area contributed by atoms with Crippen molar-refractivity contribution >= 4 is 32.7 Å². The predicted octanol–water partition coefficient (Wildman–Crippen LogP) is 9.79. The van der Waals surface area contributed by atoms with E-state index in [4.69, 9.17) is 19.4 Å². The van der Waals surface area contributed by atoms with Gasteiger partial charge in [-0.2, -0.15) is 0 Å². The van der Waals surface area contributed by atoms with Crippen LogP contribution in [0.1, 0.15) is 0 Å². The molecule has 9 aromatic rings. The van der Waals surface area contributed by atoms with Crippen LogP contribution in [0.2, 0.25) is 0 Å². The van der Waals surface area contributed by atoms with Gasteiger partial charge in [0.1, 0.15) is 11.2 Å². The third-order valence-corrected chi connectivity index (χ3v) is 9.31. The third kappa shape index (κ3) is 4.99. The predicted molar refractivity (Wildman–Crippen MR) is 200 cm³/mol. The number of phenolic OH excluding ortho intramolecular Hbond substituents is 5. The van der Waals surface area contributed by atoms with Crippen LogP contribution in [0.3, 0.4) is 0 Å². The summed E-state index contributed by atoms with van der Waals surface area (Å²) in [5, 5.41) is 54.6. The lowest BCUT2D eigenvalue weighted by molar-refractivity contribution is 0.330. The summed E-state index contributed by atoms with van der Waals surface area (Å²) in [6.07, 6.45) is 0. The van der Waals surface area contributed by atoms with E-state index in [-0.39, 0.29) is 5.56 Å². The number of benzene rings is 7. The summed E-state index contributed by atoms with van der Waals surface area (Å²) in [5.74, 6) is -2.80. The molecular weight excluding hydrogens is 654 g/mol. The molecule has 0 aliphatic rings. The molecule has 0 aliphatic carbocycles. The number of fused-ring (bicyclic) bond motifs is 4. The highest BCUT2D eigenvalue weighted by atomic mass is 16.4. The van der Waals surface area contributed by atoms with Crippen LogP contribution in [-0.2, 0) is 0 Å². The molecule has 0 aliphatic heterocycles. The van der Waals surface area contributed by atoms with Crippen LogP contribution in [0.4, 0.5) is 0 Å². The Labute approximate surface area is 295 Å². The Morgan fingerprint density at radius 2 is 0.904 bits per heavy atom. The standard InChI is InChI=1S/C43H27N3O6/c47-36-34(37(48)39(50)40(51)38(36)49)26-17-12-24(13-18-26)25-14-19-27(20-15-25)41-44-42(29-21-16-23-6-1-2-7-28(23)22-29)46-43(45-41)31-9-5-11-33-35(31)30-8-3-4-10-32(30)52-33/h1-22,47-51H. The van der Waals surface area contributed by atoms with Crippen molar-refractivity contribution in [3.8, 4) is 85.2 Å². The number of furan rings is 1. The molecule has 0 saturated carbocycles. The molecule has 0 atom stereocenters. The number of rotatable bonds is 5. The number of hydrogen-bond donors (Lipinski definition) is 5. The van der Waals surface area contributed by atoms with Crippen LogP contribution in [0.5, 0.6) is 28.7 Å². The average Bonchev–Trinajstić information content (AvgIpc) is 3.58. The first-order chi connectivity index (χ1) is 25.3. The van der Waals surface area contributed by atoms with Gasteiger partial charge in [0.2, 0.25) is 17.2 Å². The lowest BCUT2D eigenvalue weighted by Gasteiger charge is -2.13. The molecule has 0 fully saturated rings. The molecule has 2 aromatic heterocycles. The molecule has 0 spiro atoms. The number of aromatic nitrogens is 3. The molecule has 0 radical (unpaired) electrons. The van der Waals surface area contributed by atoms with E-state index in [1.165, 1.54) is 0 Å². The molecular formula is C43H27N3O6. The second-order valence-corrected chi connectivity index (χ2v) is 12.4. The number of nitrogens with zero attached hydrogens (tertiary/aromatic N) is 3. The van der Waals surface area contributed by atoms with Gasteiger partial charge in [-0.05, 0) is 45.7 Å². The van der Waals surface area contributed by atoms with Gasteiger partial charge in [0.05, 0.1) is 5.56 Å². The Bertz CT molecular complexity index is 2820. The van der Waals surface area contributed by atoms with Crippen LogP contribution in [-0.4, -0.2) is 40.5 Å². The molecule has 9 heteroatoms. The second kappa shape index (κ2) is 11.9. The van der Waals surface area contributed by atoms with Crippen molar-refractivity contribution in [2.75, 3.05) is 0 Å². The number of para-hydroxylation sites is 1. The van der Waals surface area contributed by atoms with Gasteiger partial charge in [-0.15, -0.1) is 0 Å². The highest BCUT2D eigenvalue weighted by molar-refractivity contribution is 6.11. The summed E-state index contributed by atoms with van der Waals surface area (Å²) < 4.78 is 6.18. The zero-order chi connectivity index (χ0) is 35.5. The van der Waals surface area contributed by atoms with Gasteiger partial charge in [0, 0.05) is 27.5 Å². The summed E-state index contributed by atoms with van der Waals surface area (Å²) in [4.78, 5) is 15.0. The van der Waals surface area contributed by atoms with Gasteiger partial charge >= 0.3 is 0 Å². The average molecular weight is 682 g/mol. The molecule has 5 N–H and O–H groups in total. The van der Waals surface area contributed by atoms with Gasteiger partial charge in [0.15, 0.2) is 29.0 Å². The molecule has 0 amide bonds. The molecule has 9 rings (SSSR count). The minimum absolute atomic E-state index is 0.207. The summed E-state index contributed by atoms with van der Waals surface area (Å²) in [6.45, 7) is 0. The maximum absolute atomic E-state index is 10.4. The van der Waals surface area contributed by atoms with Crippen LogP contribution < -0.4 is 0 Å². The Morgan fingerprint density at radius 1 is 0.385 bits per heavy atom. The fourth-order valence-corrected chi connectivity index (χ4v) is 6.64. The van der Waals surface area contributed by atoms with Crippen molar-refractivity contribution in [3.05, 3.63) is 133 Å². The van der Waals surface area contributed by atoms with Crippen molar-refractivity contribution in [2.45, 2.75) is 0 Å². The van der Waals surface area contributed by atoms with Crippen molar-refractivity contribution in [2.24, 2.45) is 0 Å². The summed E-state index contributed by atoms with van der Waals surface area (Å²) in [5.41, 5.74) is 5.81. The Balaban J connectivity index is 1.13. The van der Waals surface area contributed by atoms with Crippen LogP contribution in [0, 0.1) is 0 Å². The lowest BCUT2D eigenvalue weighted by atomic mass is 9.97. The molecule has 0 bridgehead atoms. The smallest absolute Gasteiger partial charge is 0.208 e. The highest BCUT2D eigenvalue weighted by Crippen LogP contribution is 2.54. The number of aromatic hydroxyl groups is 5. The number of hydrogen-bond acceptors (Lipinski definition) is 9. The largest absolute Gasteiger partial charge is 0.504 e. The van der Waals surface area contributed by atoms with E-state index >= 15 is 0 Å². The van der Waals surface area contributed by atoms with E-state index < -0.39 is 28.7 Å². The molecule has 9 nitrogen and oxygen atoms in total. The van der Waals surface area contributed by atoms with Crippen LogP contribution >= 0.6 is 0 Å². The minimum Gasteiger partial charge on any atom is -0.504 e. The van der Waals surface area contributed by atoms with Crippen molar-refractivity contribution in [1.29, 1.82) is 0 Å². The van der Waals surface area contributed by atoms with Crippen molar-refractivity contribution in [1.82, 2.24) is 15.0 Å². The Hall–Kier alpha value is -7.39. The summed E-state index contributed by atoms with van der Waals surface area (Å²) >= 11 is 0. The van der Waals surface area contributed by atoms with E-state index in [0.29, 0.717) is 23.0 Å². The zero-order valence-electron chi connectivity index (χ0n) is 27.2.